The maximum absolute atomic E-state index is 13.4. The van der Waals surface area contributed by atoms with Gasteiger partial charge in [-0.05, 0) is 24.1 Å². The fourth-order valence-corrected chi connectivity index (χ4v) is 4.87. The third kappa shape index (κ3) is 2.63. The minimum atomic E-state index is -0.490. The average molecular weight is 403 g/mol. The van der Waals surface area contributed by atoms with Crippen molar-refractivity contribution >= 4 is 22.8 Å². The Labute approximate surface area is 175 Å². The summed E-state index contributed by atoms with van der Waals surface area (Å²) in [6.45, 7) is 2.53. The van der Waals surface area contributed by atoms with E-state index in [0.29, 0.717) is 18.7 Å². The Hall–Kier alpha value is -3.28. The van der Waals surface area contributed by atoms with Crippen molar-refractivity contribution in [3.63, 3.8) is 0 Å². The maximum atomic E-state index is 13.4. The summed E-state index contributed by atoms with van der Waals surface area (Å²) in [6, 6.07) is 14.8. The van der Waals surface area contributed by atoms with Crippen LogP contribution in [0, 0.1) is 0 Å². The first-order valence-electron chi connectivity index (χ1n) is 10.5. The Kier molecular flexibility index (Phi) is 4.50. The van der Waals surface area contributed by atoms with Crippen LogP contribution in [0.3, 0.4) is 0 Å². The monoisotopic (exact) mass is 403 g/mol. The maximum Gasteiger partial charge on any atom is 0.328 e. The van der Waals surface area contributed by atoms with Crippen molar-refractivity contribution in [2.24, 2.45) is 0 Å². The van der Waals surface area contributed by atoms with Gasteiger partial charge in [-0.25, -0.2) is 4.79 Å². The highest BCUT2D eigenvalue weighted by Crippen LogP contribution is 2.46. The van der Waals surface area contributed by atoms with Gasteiger partial charge >= 0.3 is 6.03 Å². The molecule has 2 atom stereocenters. The quantitative estimate of drug-likeness (QED) is 0.648. The highest BCUT2D eigenvalue weighted by Gasteiger charge is 2.52. The fraction of sp³-hybridized carbons (Fsp3) is 0.333. The molecule has 0 spiro atoms. The van der Waals surface area contributed by atoms with Crippen LogP contribution in [0.5, 0.6) is 5.75 Å². The van der Waals surface area contributed by atoms with Crippen LogP contribution in [-0.4, -0.2) is 46.4 Å². The molecule has 1 N–H and O–H groups in total. The van der Waals surface area contributed by atoms with Gasteiger partial charge in [-0.1, -0.05) is 49.7 Å². The summed E-state index contributed by atoms with van der Waals surface area (Å²) in [5, 5.41) is 1.11. The number of nitrogens with zero attached hydrogens (tertiary/aromatic N) is 2. The summed E-state index contributed by atoms with van der Waals surface area (Å²) in [7, 11) is 1.63. The number of para-hydroxylation sites is 2. The summed E-state index contributed by atoms with van der Waals surface area (Å²) in [6.07, 6.45) is 2.27. The second-order valence-corrected chi connectivity index (χ2v) is 7.96. The number of benzene rings is 2. The lowest BCUT2D eigenvalue weighted by Crippen LogP contribution is -2.44. The lowest BCUT2D eigenvalue weighted by atomic mass is 9.88. The van der Waals surface area contributed by atoms with E-state index in [2.05, 4.69) is 18.0 Å². The van der Waals surface area contributed by atoms with Crippen LogP contribution in [0.25, 0.3) is 10.9 Å². The lowest BCUT2D eigenvalue weighted by Gasteiger charge is -2.36. The molecule has 2 aliphatic heterocycles. The van der Waals surface area contributed by atoms with Crippen LogP contribution in [0.4, 0.5) is 4.79 Å². The molecule has 2 aliphatic rings. The standard InChI is InChI=1S/C24H25N3O3/c1-3-4-13-26-23(28)19-14-17-15-9-5-7-11-18(15)25-21(17)22(27(19)24(26)29)16-10-6-8-12-20(16)30-2/h5-12,19,22,25H,3-4,13-14H2,1-2H3/t19-,22+/m1/s1. The molecule has 3 amide bonds. The predicted molar refractivity (Wildman–Crippen MR) is 114 cm³/mol. The van der Waals surface area contributed by atoms with Crippen molar-refractivity contribution in [2.75, 3.05) is 13.7 Å². The number of amides is 3. The molecule has 5 rings (SSSR count). The number of ether oxygens (including phenoxy) is 1. The van der Waals surface area contributed by atoms with Crippen molar-refractivity contribution in [1.29, 1.82) is 0 Å². The molecule has 0 aliphatic carbocycles. The van der Waals surface area contributed by atoms with Crippen molar-refractivity contribution in [2.45, 2.75) is 38.3 Å². The minimum absolute atomic E-state index is 0.0933. The van der Waals surface area contributed by atoms with Crippen LogP contribution in [0.1, 0.15) is 42.6 Å². The van der Waals surface area contributed by atoms with Gasteiger partial charge in [-0.3, -0.25) is 14.6 Å². The first kappa shape index (κ1) is 18.7. The molecular weight excluding hydrogens is 378 g/mol. The molecule has 0 saturated carbocycles. The van der Waals surface area contributed by atoms with Crippen LogP contribution in [0.2, 0.25) is 0 Å². The Morgan fingerprint density at radius 3 is 2.67 bits per heavy atom. The summed E-state index contributed by atoms with van der Waals surface area (Å²) in [4.78, 5) is 33.5. The Bertz CT molecular complexity index is 1140. The summed E-state index contributed by atoms with van der Waals surface area (Å²) < 4.78 is 5.64. The molecule has 6 heteroatoms. The topological polar surface area (TPSA) is 65.6 Å². The number of aromatic amines is 1. The van der Waals surface area contributed by atoms with Gasteiger partial charge in [-0.2, -0.15) is 0 Å². The van der Waals surface area contributed by atoms with Crippen molar-refractivity contribution in [3.05, 3.63) is 65.4 Å². The molecule has 2 aromatic carbocycles. The van der Waals surface area contributed by atoms with Gasteiger partial charge in [0, 0.05) is 35.1 Å². The molecular formula is C24H25N3O3. The van der Waals surface area contributed by atoms with E-state index >= 15 is 0 Å². The molecule has 0 unspecified atom stereocenters. The summed E-state index contributed by atoms with van der Waals surface area (Å²) in [5.41, 5.74) is 3.99. The van der Waals surface area contributed by atoms with Gasteiger partial charge in [0.1, 0.15) is 17.8 Å². The Balaban J connectivity index is 1.71. The number of hydrogen-bond donors (Lipinski definition) is 1. The van der Waals surface area contributed by atoms with Gasteiger partial charge in [0.15, 0.2) is 0 Å². The molecule has 1 saturated heterocycles. The second-order valence-electron chi connectivity index (χ2n) is 7.96. The molecule has 1 fully saturated rings. The normalized spacial score (nSPS) is 20.6. The van der Waals surface area contributed by atoms with Crippen molar-refractivity contribution in [1.82, 2.24) is 14.8 Å². The molecule has 154 valence electrons. The van der Waals surface area contributed by atoms with Crippen LogP contribution < -0.4 is 4.74 Å². The van der Waals surface area contributed by atoms with E-state index < -0.39 is 12.1 Å². The molecule has 3 aromatic rings. The van der Waals surface area contributed by atoms with E-state index in [1.165, 1.54) is 4.90 Å². The zero-order valence-corrected chi connectivity index (χ0v) is 17.2. The molecule has 30 heavy (non-hydrogen) atoms. The number of aromatic nitrogens is 1. The number of methoxy groups -OCH3 is 1. The van der Waals surface area contributed by atoms with E-state index in [1.54, 1.807) is 12.0 Å². The SMILES string of the molecule is CCCCN1C(=O)[C@H]2Cc3c([nH]c4ccccc34)[C@H](c3ccccc3OC)N2C1=O. The third-order valence-electron chi connectivity index (χ3n) is 6.30. The average Bonchev–Trinajstić information content (AvgIpc) is 3.26. The van der Waals surface area contributed by atoms with Gasteiger partial charge in [0.05, 0.1) is 7.11 Å². The lowest BCUT2D eigenvalue weighted by molar-refractivity contribution is -0.128. The van der Waals surface area contributed by atoms with E-state index in [4.69, 9.17) is 4.74 Å². The van der Waals surface area contributed by atoms with Gasteiger partial charge in [-0.15, -0.1) is 0 Å². The minimum Gasteiger partial charge on any atom is -0.496 e. The number of carbonyl (C=O) groups excluding carboxylic acids is 2. The number of H-pyrrole nitrogens is 1. The number of urea groups is 1. The van der Waals surface area contributed by atoms with Crippen LogP contribution in [0.15, 0.2) is 48.5 Å². The second kappa shape index (κ2) is 7.20. The highest BCUT2D eigenvalue weighted by molar-refractivity contribution is 6.05. The van der Waals surface area contributed by atoms with Crippen molar-refractivity contribution in [3.8, 4) is 5.75 Å². The summed E-state index contributed by atoms with van der Waals surface area (Å²) in [5.74, 6) is 0.615. The van der Waals surface area contributed by atoms with E-state index in [0.717, 1.165) is 40.6 Å². The molecule has 1 aromatic heterocycles. The zero-order valence-electron chi connectivity index (χ0n) is 17.2. The number of nitrogens with one attached hydrogen (secondary N) is 1. The summed E-state index contributed by atoms with van der Waals surface area (Å²) >= 11 is 0. The number of hydrogen-bond acceptors (Lipinski definition) is 3. The zero-order chi connectivity index (χ0) is 20.8. The van der Waals surface area contributed by atoms with Gasteiger partial charge in [0.2, 0.25) is 0 Å². The van der Waals surface area contributed by atoms with Crippen LogP contribution in [-0.2, 0) is 11.2 Å². The largest absolute Gasteiger partial charge is 0.496 e. The first-order valence-corrected chi connectivity index (χ1v) is 10.5. The van der Waals surface area contributed by atoms with Crippen LogP contribution >= 0.6 is 0 Å². The van der Waals surface area contributed by atoms with E-state index in [1.807, 2.05) is 42.5 Å². The molecule has 3 heterocycles. The predicted octanol–water partition coefficient (Wildman–Crippen LogP) is 4.25. The number of imide groups is 1. The van der Waals surface area contributed by atoms with Gasteiger partial charge < -0.3 is 9.72 Å². The van der Waals surface area contributed by atoms with Crippen molar-refractivity contribution < 1.29 is 14.3 Å². The Morgan fingerprint density at radius 1 is 1.10 bits per heavy atom. The molecule has 0 radical (unpaired) electrons. The molecule has 6 nitrogen and oxygen atoms in total. The highest BCUT2D eigenvalue weighted by atomic mass is 16.5. The number of unbranched alkanes of at least 4 members (excludes halogenated alkanes) is 1. The molecule has 0 bridgehead atoms. The fourth-order valence-electron chi connectivity index (χ4n) is 4.87. The Morgan fingerprint density at radius 2 is 1.87 bits per heavy atom. The van der Waals surface area contributed by atoms with E-state index in [-0.39, 0.29) is 11.9 Å². The smallest absolute Gasteiger partial charge is 0.328 e. The number of fused-ring (bicyclic) bond motifs is 4. The first-order chi connectivity index (χ1) is 14.7. The van der Waals surface area contributed by atoms with Gasteiger partial charge in [0.25, 0.3) is 5.91 Å². The third-order valence-corrected chi connectivity index (χ3v) is 6.30. The van der Waals surface area contributed by atoms with E-state index in [9.17, 15) is 9.59 Å². The number of rotatable bonds is 5. The number of carbonyl (C=O) groups is 2.